The predicted molar refractivity (Wildman–Crippen MR) is 86.4 cm³/mol. The third-order valence-corrected chi connectivity index (χ3v) is 4.99. The van der Waals surface area contributed by atoms with E-state index in [-0.39, 0.29) is 24.7 Å². The van der Waals surface area contributed by atoms with Gasteiger partial charge in [0, 0.05) is 6.42 Å². The van der Waals surface area contributed by atoms with E-state index in [0.717, 1.165) is 10.5 Å². The average molecular weight is 328 g/mol. The van der Waals surface area contributed by atoms with E-state index in [2.05, 4.69) is 19.2 Å². The Bertz CT molecular complexity index is 753. The van der Waals surface area contributed by atoms with Crippen LogP contribution < -0.4 is 5.32 Å². The van der Waals surface area contributed by atoms with Gasteiger partial charge in [0.1, 0.15) is 6.04 Å². The highest BCUT2D eigenvalue weighted by atomic mass is 16.2. The maximum absolute atomic E-state index is 12.9. The normalized spacial score (nSPS) is 22.0. The lowest BCUT2D eigenvalue weighted by atomic mass is 9.86. The number of nitrogens with one attached hydrogen (secondary N) is 1. The van der Waals surface area contributed by atoms with Crippen molar-refractivity contribution < 1.29 is 19.2 Å². The van der Waals surface area contributed by atoms with Crippen molar-refractivity contribution in [3.63, 3.8) is 0 Å². The molecule has 1 aromatic carbocycles. The first-order valence-electron chi connectivity index (χ1n) is 8.17. The minimum atomic E-state index is -0.919. The Kier molecular flexibility index (Phi) is 3.99. The fraction of sp³-hybridized carbons (Fsp3) is 0.444. The molecule has 4 amide bonds. The molecule has 0 aliphatic carbocycles. The minimum absolute atomic E-state index is 0.110. The maximum atomic E-state index is 12.9. The first-order chi connectivity index (χ1) is 11.3. The van der Waals surface area contributed by atoms with Crippen LogP contribution in [0.2, 0.25) is 0 Å². The van der Waals surface area contributed by atoms with Gasteiger partial charge in [0.25, 0.3) is 11.8 Å². The number of rotatable bonds is 3. The van der Waals surface area contributed by atoms with Gasteiger partial charge in [-0.15, -0.1) is 0 Å². The Hall–Kier alpha value is -2.50. The second kappa shape index (κ2) is 5.85. The van der Waals surface area contributed by atoms with E-state index in [1.165, 1.54) is 0 Å². The molecule has 24 heavy (non-hydrogen) atoms. The van der Waals surface area contributed by atoms with E-state index >= 15 is 0 Å². The molecule has 2 aliphatic rings. The quantitative estimate of drug-likeness (QED) is 0.858. The van der Waals surface area contributed by atoms with Crippen molar-refractivity contribution in [1.29, 1.82) is 0 Å². The molecule has 2 atom stereocenters. The number of imide groups is 2. The smallest absolute Gasteiger partial charge is 0.262 e. The number of carbonyl (C=O) groups is 4. The van der Waals surface area contributed by atoms with Crippen LogP contribution in [0.4, 0.5) is 0 Å². The van der Waals surface area contributed by atoms with Gasteiger partial charge in [-0.05, 0) is 29.9 Å². The average Bonchev–Trinajstić information content (AvgIpc) is 2.79. The molecule has 0 bridgehead atoms. The van der Waals surface area contributed by atoms with Crippen molar-refractivity contribution in [2.75, 3.05) is 0 Å². The number of piperidine rings is 1. The predicted octanol–water partition coefficient (Wildman–Crippen LogP) is 1.85. The summed E-state index contributed by atoms with van der Waals surface area (Å²) in [5.41, 5.74) is 1.57. The molecule has 126 valence electrons. The second-order valence-corrected chi connectivity index (χ2v) is 6.75. The summed E-state index contributed by atoms with van der Waals surface area (Å²) in [5.74, 6) is -1.43. The fourth-order valence-corrected chi connectivity index (χ4v) is 3.28. The van der Waals surface area contributed by atoms with Crippen molar-refractivity contribution in [2.24, 2.45) is 5.92 Å². The van der Waals surface area contributed by atoms with Gasteiger partial charge in [-0.2, -0.15) is 0 Å². The molecule has 0 spiro atoms. The van der Waals surface area contributed by atoms with E-state index in [1.807, 2.05) is 13.0 Å². The molecular weight excluding hydrogens is 308 g/mol. The van der Waals surface area contributed by atoms with Crippen LogP contribution in [0.5, 0.6) is 0 Å². The Morgan fingerprint density at radius 2 is 1.79 bits per heavy atom. The Labute approximate surface area is 140 Å². The van der Waals surface area contributed by atoms with E-state index < -0.39 is 23.8 Å². The molecule has 6 heteroatoms. The molecule has 1 saturated heterocycles. The summed E-state index contributed by atoms with van der Waals surface area (Å²) in [6.45, 7) is 6.14. The third kappa shape index (κ3) is 2.42. The van der Waals surface area contributed by atoms with Crippen LogP contribution in [-0.4, -0.2) is 34.6 Å². The summed E-state index contributed by atoms with van der Waals surface area (Å²) < 4.78 is 0. The minimum Gasteiger partial charge on any atom is -0.295 e. The molecule has 2 aliphatic heterocycles. The topological polar surface area (TPSA) is 83.6 Å². The fourth-order valence-electron chi connectivity index (χ4n) is 3.28. The van der Waals surface area contributed by atoms with Crippen molar-refractivity contribution in [2.45, 2.75) is 45.6 Å². The summed E-state index contributed by atoms with van der Waals surface area (Å²) in [5, 5.41) is 2.21. The number of hydrogen-bond acceptors (Lipinski definition) is 4. The van der Waals surface area contributed by atoms with Gasteiger partial charge in [0.15, 0.2) is 0 Å². The molecule has 0 radical (unpaired) electrons. The highest BCUT2D eigenvalue weighted by Gasteiger charge is 2.45. The zero-order valence-electron chi connectivity index (χ0n) is 14.0. The molecule has 0 saturated carbocycles. The van der Waals surface area contributed by atoms with Gasteiger partial charge in [-0.1, -0.05) is 32.9 Å². The molecule has 1 N–H and O–H groups in total. The Morgan fingerprint density at radius 3 is 2.42 bits per heavy atom. The SMILES string of the molecule is CC(C)C(C)c1cccc2c1C(=O)N([C@@H]1CCC(=O)NC1=O)C2=O. The van der Waals surface area contributed by atoms with E-state index in [9.17, 15) is 19.2 Å². The van der Waals surface area contributed by atoms with Crippen LogP contribution in [0, 0.1) is 5.92 Å². The summed E-state index contributed by atoms with van der Waals surface area (Å²) >= 11 is 0. The van der Waals surface area contributed by atoms with Crippen molar-refractivity contribution in [3.8, 4) is 0 Å². The van der Waals surface area contributed by atoms with Gasteiger partial charge in [0.05, 0.1) is 11.1 Å². The standard InChI is InChI=1S/C18H20N2O4/c1-9(2)10(3)11-5-4-6-12-15(11)18(24)20(17(12)23)13-7-8-14(21)19-16(13)22/h4-6,9-10,13H,7-8H2,1-3H3,(H,19,21,22)/t10?,13-/m1/s1. The lowest BCUT2D eigenvalue weighted by Gasteiger charge is -2.28. The largest absolute Gasteiger partial charge is 0.295 e. The molecule has 0 aromatic heterocycles. The van der Waals surface area contributed by atoms with Crippen LogP contribution in [0.25, 0.3) is 0 Å². The van der Waals surface area contributed by atoms with E-state index in [1.54, 1.807) is 12.1 Å². The molecule has 3 rings (SSSR count). The number of fused-ring (bicyclic) bond motifs is 1. The molecule has 1 unspecified atom stereocenters. The lowest BCUT2D eigenvalue weighted by Crippen LogP contribution is -2.54. The first kappa shape index (κ1) is 16.4. The Balaban J connectivity index is 2.01. The highest BCUT2D eigenvalue weighted by molar-refractivity contribution is 6.24. The molecule has 1 fully saturated rings. The zero-order chi connectivity index (χ0) is 17.6. The van der Waals surface area contributed by atoms with Crippen LogP contribution in [0.1, 0.15) is 65.8 Å². The van der Waals surface area contributed by atoms with Crippen LogP contribution in [0.15, 0.2) is 18.2 Å². The molecule has 2 heterocycles. The Morgan fingerprint density at radius 1 is 1.08 bits per heavy atom. The van der Waals surface area contributed by atoms with Crippen LogP contribution >= 0.6 is 0 Å². The monoisotopic (exact) mass is 328 g/mol. The molecular formula is C18H20N2O4. The number of amides is 4. The summed E-state index contributed by atoms with van der Waals surface area (Å²) in [7, 11) is 0. The molecule has 6 nitrogen and oxygen atoms in total. The zero-order valence-corrected chi connectivity index (χ0v) is 14.0. The van der Waals surface area contributed by atoms with Crippen molar-refractivity contribution in [1.82, 2.24) is 10.2 Å². The summed E-state index contributed by atoms with van der Waals surface area (Å²) in [6.07, 6.45) is 0.296. The highest BCUT2D eigenvalue weighted by Crippen LogP contribution is 2.35. The van der Waals surface area contributed by atoms with E-state index in [0.29, 0.717) is 17.0 Å². The molecule has 1 aromatic rings. The maximum Gasteiger partial charge on any atom is 0.262 e. The first-order valence-corrected chi connectivity index (χ1v) is 8.17. The number of carbonyl (C=O) groups excluding carboxylic acids is 4. The van der Waals surface area contributed by atoms with E-state index in [4.69, 9.17) is 0 Å². The van der Waals surface area contributed by atoms with Gasteiger partial charge in [-0.25, -0.2) is 0 Å². The van der Waals surface area contributed by atoms with Crippen LogP contribution in [-0.2, 0) is 9.59 Å². The second-order valence-electron chi connectivity index (χ2n) is 6.75. The third-order valence-electron chi connectivity index (χ3n) is 4.99. The van der Waals surface area contributed by atoms with Crippen molar-refractivity contribution in [3.05, 3.63) is 34.9 Å². The van der Waals surface area contributed by atoms with Crippen molar-refractivity contribution >= 4 is 23.6 Å². The van der Waals surface area contributed by atoms with Gasteiger partial charge >= 0.3 is 0 Å². The van der Waals surface area contributed by atoms with Gasteiger partial charge < -0.3 is 0 Å². The summed E-state index contributed by atoms with van der Waals surface area (Å²) in [4.78, 5) is 50.1. The lowest BCUT2D eigenvalue weighted by molar-refractivity contribution is -0.136. The number of nitrogens with zero attached hydrogens (tertiary/aromatic N) is 1. The summed E-state index contributed by atoms with van der Waals surface area (Å²) in [6, 6.07) is 4.34. The van der Waals surface area contributed by atoms with Crippen LogP contribution in [0.3, 0.4) is 0 Å². The number of hydrogen-bond donors (Lipinski definition) is 1. The van der Waals surface area contributed by atoms with Gasteiger partial charge in [-0.3, -0.25) is 29.4 Å². The number of benzene rings is 1. The van der Waals surface area contributed by atoms with Gasteiger partial charge in [0.2, 0.25) is 11.8 Å².